The lowest BCUT2D eigenvalue weighted by Gasteiger charge is -2.19. The number of aliphatic hydroxyl groups excluding tert-OH is 1. The molecule has 0 radical (unpaired) electrons. The number of methoxy groups -OCH3 is 2. The zero-order valence-corrected chi connectivity index (χ0v) is 11.9. The second-order valence-corrected chi connectivity index (χ2v) is 4.13. The number of hydrogen-bond donors (Lipinski definition) is 1. The first-order valence-electron chi connectivity index (χ1n) is 6.04. The number of esters is 1. The first-order valence-corrected chi connectivity index (χ1v) is 6.04. The maximum atomic E-state index is 11.6. The Labute approximate surface area is 113 Å². The molecule has 1 aromatic carbocycles. The molecule has 5 heteroatoms. The van der Waals surface area contributed by atoms with E-state index in [1.54, 1.807) is 27.0 Å². The smallest absolute Gasteiger partial charge is 0.339 e. The zero-order valence-electron chi connectivity index (χ0n) is 11.9. The van der Waals surface area contributed by atoms with Gasteiger partial charge in [0.05, 0.1) is 20.8 Å². The Morgan fingerprint density at radius 2 is 1.84 bits per heavy atom. The number of ether oxygens (including phenoxy) is 3. The van der Waals surface area contributed by atoms with Crippen LogP contribution in [0.4, 0.5) is 0 Å². The summed E-state index contributed by atoms with van der Waals surface area (Å²) in [5.41, 5.74) is 1.91. The van der Waals surface area contributed by atoms with Crippen molar-refractivity contribution in [3.05, 3.63) is 22.8 Å². The van der Waals surface area contributed by atoms with Gasteiger partial charge in [0, 0.05) is 5.56 Å². The molecule has 0 aromatic heterocycles. The molecule has 0 heterocycles. The van der Waals surface area contributed by atoms with Crippen LogP contribution in [-0.4, -0.2) is 31.9 Å². The van der Waals surface area contributed by atoms with Crippen molar-refractivity contribution in [3.8, 4) is 11.5 Å². The summed E-state index contributed by atoms with van der Waals surface area (Å²) >= 11 is 0. The van der Waals surface area contributed by atoms with Crippen molar-refractivity contribution >= 4 is 5.97 Å². The number of hydrogen-bond acceptors (Lipinski definition) is 5. The number of rotatable bonds is 5. The fourth-order valence-corrected chi connectivity index (χ4v) is 2.02. The van der Waals surface area contributed by atoms with Gasteiger partial charge in [-0.3, -0.25) is 0 Å². The van der Waals surface area contributed by atoms with E-state index in [0.717, 1.165) is 5.56 Å². The Bertz CT molecular complexity index is 467. The fourth-order valence-electron chi connectivity index (χ4n) is 2.02. The molecule has 0 aliphatic heterocycles. The van der Waals surface area contributed by atoms with Gasteiger partial charge in [0.1, 0.15) is 0 Å². The summed E-state index contributed by atoms with van der Waals surface area (Å²) in [5, 5.41) is 10.0. The van der Waals surface area contributed by atoms with Gasteiger partial charge in [0.25, 0.3) is 0 Å². The van der Waals surface area contributed by atoms with E-state index < -0.39 is 12.1 Å². The van der Waals surface area contributed by atoms with E-state index in [2.05, 4.69) is 0 Å². The maximum Gasteiger partial charge on any atom is 0.339 e. The van der Waals surface area contributed by atoms with Gasteiger partial charge in [-0.2, -0.15) is 0 Å². The van der Waals surface area contributed by atoms with Crippen molar-refractivity contribution in [1.29, 1.82) is 0 Å². The van der Waals surface area contributed by atoms with Crippen LogP contribution in [0.15, 0.2) is 6.07 Å². The fraction of sp³-hybridized carbons (Fsp3) is 0.500. The van der Waals surface area contributed by atoms with Gasteiger partial charge in [-0.15, -0.1) is 0 Å². The van der Waals surface area contributed by atoms with Crippen molar-refractivity contribution < 1.29 is 24.1 Å². The van der Waals surface area contributed by atoms with Crippen LogP contribution in [-0.2, 0) is 9.53 Å². The largest absolute Gasteiger partial charge is 0.493 e. The molecule has 1 unspecified atom stereocenters. The third kappa shape index (κ3) is 2.98. The number of carbonyl (C=O) groups is 1. The number of carbonyl (C=O) groups excluding carboxylic acids is 1. The molecule has 0 spiro atoms. The van der Waals surface area contributed by atoms with E-state index in [4.69, 9.17) is 14.2 Å². The standard InChI is InChI=1S/C14H20O5/c1-6-19-14(16)11(15)10-7-8(2)12(17-4)13(18-5)9(10)3/h7,11,15H,6H2,1-5H3. The van der Waals surface area contributed by atoms with Gasteiger partial charge in [0.15, 0.2) is 17.6 Å². The lowest BCUT2D eigenvalue weighted by atomic mass is 9.98. The lowest BCUT2D eigenvalue weighted by Crippen LogP contribution is -2.17. The molecule has 106 valence electrons. The van der Waals surface area contributed by atoms with Crippen molar-refractivity contribution in [2.24, 2.45) is 0 Å². The van der Waals surface area contributed by atoms with Crippen LogP contribution in [0, 0.1) is 13.8 Å². The Morgan fingerprint density at radius 3 is 2.32 bits per heavy atom. The van der Waals surface area contributed by atoms with Gasteiger partial charge >= 0.3 is 5.97 Å². The highest BCUT2D eigenvalue weighted by atomic mass is 16.5. The Kier molecular flexibility index (Phi) is 5.18. The minimum Gasteiger partial charge on any atom is -0.493 e. The Balaban J connectivity index is 3.30. The first-order chi connectivity index (χ1) is 8.97. The third-order valence-electron chi connectivity index (χ3n) is 2.92. The summed E-state index contributed by atoms with van der Waals surface area (Å²) in [4.78, 5) is 11.6. The minimum atomic E-state index is -1.32. The molecule has 0 saturated carbocycles. The van der Waals surface area contributed by atoms with Crippen molar-refractivity contribution in [2.45, 2.75) is 26.9 Å². The lowest BCUT2D eigenvalue weighted by molar-refractivity contribution is -0.153. The number of benzene rings is 1. The topological polar surface area (TPSA) is 65.0 Å². The second-order valence-electron chi connectivity index (χ2n) is 4.13. The molecule has 1 N–H and O–H groups in total. The summed E-state index contributed by atoms with van der Waals surface area (Å²) in [7, 11) is 3.07. The third-order valence-corrected chi connectivity index (χ3v) is 2.92. The summed E-state index contributed by atoms with van der Waals surface area (Å²) in [6.07, 6.45) is -1.32. The molecular formula is C14H20O5. The Morgan fingerprint density at radius 1 is 1.26 bits per heavy atom. The molecule has 0 amide bonds. The molecule has 19 heavy (non-hydrogen) atoms. The summed E-state index contributed by atoms with van der Waals surface area (Å²) in [6, 6.07) is 1.71. The molecule has 1 rings (SSSR count). The van der Waals surface area contributed by atoms with Crippen LogP contribution in [0.5, 0.6) is 11.5 Å². The molecule has 1 atom stereocenters. The van der Waals surface area contributed by atoms with Crippen LogP contribution in [0.3, 0.4) is 0 Å². The quantitative estimate of drug-likeness (QED) is 0.826. The molecule has 1 aromatic rings. The van der Waals surface area contributed by atoms with Gasteiger partial charge < -0.3 is 19.3 Å². The molecular weight excluding hydrogens is 248 g/mol. The summed E-state index contributed by atoms with van der Waals surface area (Å²) in [6.45, 7) is 5.50. The van der Waals surface area contributed by atoms with E-state index >= 15 is 0 Å². The predicted molar refractivity (Wildman–Crippen MR) is 70.6 cm³/mol. The SMILES string of the molecule is CCOC(=O)C(O)c1cc(C)c(OC)c(OC)c1C. The van der Waals surface area contributed by atoms with E-state index in [1.165, 1.54) is 7.11 Å². The normalized spacial score (nSPS) is 11.9. The molecule has 0 fully saturated rings. The second kappa shape index (κ2) is 6.43. The number of aryl methyl sites for hydroxylation is 1. The highest BCUT2D eigenvalue weighted by Crippen LogP contribution is 2.38. The maximum absolute atomic E-state index is 11.6. The van der Waals surface area contributed by atoms with Crippen LogP contribution < -0.4 is 9.47 Å². The molecule has 0 bridgehead atoms. The zero-order chi connectivity index (χ0) is 14.6. The first kappa shape index (κ1) is 15.3. The van der Waals surface area contributed by atoms with E-state index in [-0.39, 0.29) is 6.61 Å². The van der Waals surface area contributed by atoms with Crippen molar-refractivity contribution in [1.82, 2.24) is 0 Å². The van der Waals surface area contributed by atoms with Gasteiger partial charge in [-0.25, -0.2) is 4.79 Å². The van der Waals surface area contributed by atoms with Crippen LogP contribution in [0.1, 0.15) is 29.7 Å². The van der Waals surface area contributed by atoms with Crippen LogP contribution in [0.25, 0.3) is 0 Å². The predicted octanol–water partition coefficient (Wildman–Crippen LogP) is 1.92. The van der Waals surface area contributed by atoms with Crippen LogP contribution >= 0.6 is 0 Å². The molecule has 5 nitrogen and oxygen atoms in total. The van der Waals surface area contributed by atoms with Gasteiger partial charge in [0.2, 0.25) is 0 Å². The Hall–Kier alpha value is -1.75. The average molecular weight is 268 g/mol. The van der Waals surface area contributed by atoms with E-state index in [0.29, 0.717) is 22.6 Å². The van der Waals surface area contributed by atoms with E-state index in [1.807, 2.05) is 6.92 Å². The van der Waals surface area contributed by atoms with Crippen molar-refractivity contribution in [3.63, 3.8) is 0 Å². The van der Waals surface area contributed by atoms with Crippen LogP contribution in [0.2, 0.25) is 0 Å². The number of aliphatic hydroxyl groups is 1. The molecule has 0 saturated heterocycles. The minimum absolute atomic E-state index is 0.223. The van der Waals surface area contributed by atoms with E-state index in [9.17, 15) is 9.90 Å². The molecule has 0 aliphatic carbocycles. The van der Waals surface area contributed by atoms with Gasteiger partial charge in [-0.05, 0) is 38.0 Å². The summed E-state index contributed by atoms with van der Waals surface area (Å²) in [5.74, 6) is 0.442. The van der Waals surface area contributed by atoms with Gasteiger partial charge in [-0.1, -0.05) is 0 Å². The highest BCUT2D eigenvalue weighted by Gasteiger charge is 2.25. The molecule has 0 aliphatic rings. The summed E-state index contributed by atoms with van der Waals surface area (Å²) < 4.78 is 15.4. The monoisotopic (exact) mass is 268 g/mol. The highest BCUT2D eigenvalue weighted by molar-refractivity contribution is 5.77. The van der Waals surface area contributed by atoms with Crippen molar-refractivity contribution in [2.75, 3.05) is 20.8 Å². The average Bonchev–Trinajstić information content (AvgIpc) is 2.39.